The molecule has 1 aliphatic rings. The van der Waals surface area contributed by atoms with E-state index < -0.39 is 11.9 Å². The number of methoxy groups -OCH3 is 1. The third-order valence-electron chi connectivity index (χ3n) is 4.36. The number of aliphatic carboxylic acids is 1. The lowest BCUT2D eigenvalue weighted by atomic mass is 9.98. The third-order valence-corrected chi connectivity index (χ3v) is 4.36. The summed E-state index contributed by atoms with van der Waals surface area (Å²) in [6, 6.07) is 7.33. The highest BCUT2D eigenvalue weighted by molar-refractivity contribution is 5.77. The van der Waals surface area contributed by atoms with Gasteiger partial charge in [-0.25, -0.2) is 0 Å². The molecule has 1 aromatic rings. The molecular weight excluding hydrogens is 310 g/mol. The highest BCUT2D eigenvalue weighted by atomic mass is 16.5. The first-order valence-corrected chi connectivity index (χ1v) is 8.29. The molecule has 1 amide bonds. The molecule has 1 saturated heterocycles. The van der Waals surface area contributed by atoms with E-state index in [4.69, 9.17) is 9.47 Å². The van der Waals surface area contributed by atoms with Crippen LogP contribution in [0.1, 0.15) is 24.8 Å². The Morgan fingerprint density at radius 3 is 2.88 bits per heavy atom. The lowest BCUT2D eigenvalue weighted by Gasteiger charge is -2.16. The van der Waals surface area contributed by atoms with Crippen molar-refractivity contribution in [3.63, 3.8) is 0 Å². The zero-order valence-corrected chi connectivity index (χ0v) is 14.0. The molecule has 2 N–H and O–H groups in total. The standard InChI is InChI=1S/C18H25NO5/c1-23-16-5-3-2-4-14(16)10-15(18(21)22)11-19-17(20)7-6-13-8-9-24-12-13/h2-5,13,15H,6-12H2,1H3,(H,19,20)(H,21,22). The summed E-state index contributed by atoms with van der Waals surface area (Å²) >= 11 is 0. The van der Waals surface area contributed by atoms with Gasteiger partial charge in [0.2, 0.25) is 5.91 Å². The second-order valence-electron chi connectivity index (χ2n) is 6.12. The number of hydrogen-bond donors (Lipinski definition) is 2. The van der Waals surface area contributed by atoms with Gasteiger partial charge in [-0.15, -0.1) is 0 Å². The molecule has 0 saturated carbocycles. The second-order valence-corrected chi connectivity index (χ2v) is 6.12. The van der Waals surface area contributed by atoms with Gasteiger partial charge in [-0.1, -0.05) is 18.2 Å². The summed E-state index contributed by atoms with van der Waals surface area (Å²) in [5, 5.41) is 12.1. The zero-order valence-electron chi connectivity index (χ0n) is 14.0. The molecule has 2 rings (SSSR count). The van der Waals surface area contributed by atoms with Crippen LogP contribution in [0.25, 0.3) is 0 Å². The molecular formula is C18H25NO5. The number of para-hydroxylation sites is 1. The average molecular weight is 335 g/mol. The van der Waals surface area contributed by atoms with Gasteiger partial charge in [-0.2, -0.15) is 0 Å². The van der Waals surface area contributed by atoms with E-state index in [-0.39, 0.29) is 12.5 Å². The predicted octanol–water partition coefficient (Wildman–Crippen LogP) is 1.87. The van der Waals surface area contributed by atoms with Crippen LogP contribution in [0.3, 0.4) is 0 Å². The minimum Gasteiger partial charge on any atom is -0.496 e. The molecule has 2 atom stereocenters. The van der Waals surface area contributed by atoms with Crippen LogP contribution < -0.4 is 10.1 Å². The number of carbonyl (C=O) groups excluding carboxylic acids is 1. The van der Waals surface area contributed by atoms with Gasteiger partial charge in [0.15, 0.2) is 0 Å². The summed E-state index contributed by atoms with van der Waals surface area (Å²) < 4.78 is 10.5. The van der Waals surface area contributed by atoms with E-state index in [9.17, 15) is 14.7 Å². The number of nitrogens with one attached hydrogen (secondary N) is 1. The van der Waals surface area contributed by atoms with Gasteiger partial charge in [0, 0.05) is 26.2 Å². The van der Waals surface area contributed by atoms with E-state index in [1.54, 1.807) is 13.2 Å². The SMILES string of the molecule is COc1ccccc1CC(CNC(=O)CCC1CCOC1)C(=O)O. The second kappa shape index (κ2) is 9.27. The monoisotopic (exact) mass is 335 g/mol. The number of hydrogen-bond acceptors (Lipinski definition) is 4. The molecule has 6 nitrogen and oxygen atoms in total. The number of ether oxygens (including phenoxy) is 2. The van der Waals surface area contributed by atoms with Crippen molar-refractivity contribution < 1.29 is 24.2 Å². The lowest BCUT2D eigenvalue weighted by Crippen LogP contribution is -2.34. The molecule has 0 bridgehead atoms. The molecule has 0 spiro atoms. The normalized spacial score (nSPS) is 18.1. The van der Waals surface area contributed by atoms with Gasteiger partial charge in [0.1, 0.15) is 5.75 Å². The van der Waals surface area contributed by atoms with E-state index in [2.05, 4.69) is 5.32 Å². The van der Waals surface area contributed by atoms with E-state index >= 15 is 0 Å². The van der Waals surface area contributed by atoms with Crippen LogP contribution in [-0.2, 0) is 20.7 Å². The molecule has 6 heteroatoms. The number of carboxylic acid groups (broad SMARTS) is 1. The smallest absolute Gasteiger partial charge is 0.308 e. The van der Waals surface area contributed by atoms with Crippen molar-refractivity contribution in [2.24, 2.45) is 11.8 Å². The number of benzene rings is 1. The van der Waals surface area contributed by atoms with Crippen LogP contribution in [0.15, 0.2) is 24.3 Å². The summed E-state index contributed by atoms with van der Waals surface area (Å²) in [5.41, 5.74) is 0.824. The van der Waals surface area contributed by atoms with E-state index in [1.165, 1.54) is 0 Å². The molecule has 1 heterocycles. The fourth-order valence-electron chi connectivity index (χ4n) is 2.86. The molecule has 0 aromatic heterocycles. The number of amides is 1. The average Bonchev–Trinajstić information content (AvgIpc) is 3.10. The Hall–Kier alpha value is -2.08. The number of rotatable bonds is 9. The quantitative estimate of drug-likeness (QED) is 0.720. The third kappa shape index (κ3) is 5.53. The van der Waals surface area contributed by atoms with Gasteiger partial charge in [-0.3, -0.25) is 9.59 Å². The van der Waals surface area contributed by atoms with Gasteiger partial charge >= 0.3 is 5.97 Å². The summed E-state index contributed by atoms with van der Waals surface area (Å²) in [6.07, 6.45) is 2.51. The van der Waals surface area contributed by atoms with Crippen molar-refractivity contribution in [3.8, 4) is 5.75 Å². The van der Waals surface area contributed by atoms with Gasteiger partial charge in [0.05, 0.1) is 13.0 Å². The number of carbonyl (C=O) groups is 2. The van der Waals surface area contributed by atoms with Crippen molar-refractivity contribution in [2.75, 3.05) is 26.9 Å². The maximum atomic E-state index is 11.9. The van der Waals surface area contributed by atoms with Crippen molar-refractivity contribution in [1.29, 1.82) is 0 Å². The molecule has 0 aliphatic carbocycles. The first kappa shape index (κ1) is 18.3. The zero-order chi connectivity index (χ0) is 17.4. The molecule has 1 aromatic carbocycles. The Kier molecular flexibility index (Phi) is 7.06. The van der Waals surface area contributed by atoms with Crippen LogP contribution in [0.4, 0.5) is 0 Å². The Morgan fingerprint density at radius 2 is 2.21 bits per heavy atom. The minimum atomic E-state index is -0.926. The van der Waals surface area contributed by atoms with Gasteiger partial charge < -0.3 is 19.9 Å². The van der Waals surface area contributed by atoms with E-state index in [1.807, 2.05) is 18.2 Å². The topological polar surface area (TPSA) is 84.9 Å². The fraction of sp³-hybridized carbons (Fsp3) is 0.556. The highest BCUT2D eigenvalue weighted by Crippen LogP contribution is 2.21. The van der Waals surface area contributed by atoms with Gasteiger partial charge in [0.25, 0.3) is 0 Å². The summed E-state index contributed by atoms with van der Waals surface area (Å²) in [7, 11) is 1.56. The minimum absolute atomic E-state index is 0.104. The first-order valence-electron chi connectivity index (χ1n) is 8.29. The van der Waals surface area contributed by atoms with Crippen molar-refractivity contribution >= 4 is 11.9 Å². The van der Waals surface area contributed by atoms with Crippen LogP contribution in [0.5, 0.6) is 5.75 Å². The summed E-state index contributed by atoms with van der Waals surface area (Å²) in [6.45, 7) is 1.61. The predicted molar refractivity (Wildman–Crippen MR) is 89.0 cm³/mol. The molecule has 1 aliphatic heterocycles. The maximum Gasteiger partial charge on any atom is 0.308 e. The number of carboxylic acids is 1. The van der Waals surface area contributed by atoms with Crippen LogP contribution in [0, 0.1) is 11.8 Å². The fourth-order valence-corrected chi connectivity index (χ4v) is 2.86. The van der Waals surface area contributed by atoms with Crippen molar-refractivity contribution in [2.45, 2.75) is 25.7 Å². The van der Waals surface area contributed by atoms with Gasteiger partial charge in [-0.05, 0) is 36.8 Å². The van der Waals surface area contributed by atoms with E-state index in [0.29, 0.717) is 24.5 Å². The Morgan fingerprint density at radius 1 is 1.42 bits per heavy atom. The highest BCUT2D eigenvalue weighted by Gasteiger charge is 2.21. The summed E-state index contributed by atoms with van der Waals surface area (Å²) in [4.78, 5) is 23.4. The molecule has 0 radical (unpaired) electrons. The van der Waals surface area contributed by atoms with Crippen LogP contribution in [0.2, 0.25) is 0 Å². The Balaban J connectivity index is 1.82. The van der Waals surface area contributed by atoms with Crippen molar-refractivity contribution in [3.05, 3.63) is 29.8 Å². The summed E-state index contributed by atoms with van der Waals surface area (Å²) in [5.74, 6) is -0.602. The van der Waals surface area contributed by atoms with E-state index in [0.717, 1.165) is 31.6 Å². The van der Waals surface area contributed by atoms with Crippen molar-refractivity contribution in [1.82, 2.24) is 5.32 Å². The Labute approximate surface area is 142 Å². The molecule has 132 valence electrons. The molecule has 2 unspecified atom stereocenters. The molecule has 24 heavy (non-hydrogen) atoms. The van der Waals surface area contributed by atoms with Crippen LogP contribution in [-0.4, -0.2) is 43.9 Å². The maximum absolute atomic E-state index is 11.9. The largest absolute Gasteiger partial charge is 0.496 e. The molecule has 1 fully saturated rings. The first-order chi connectivity index (χ1) is 11.6. The lowest BCUT2D eigenvalue weighted by molar-refractivity contribution is -0.141. The Bertz CT molecular complexity index is 554. The van der Waals surface area contributed by atoms with Crippen LogP contribution >= 0.6 is 0 Å².